The molecule has 3 amide bonds. The van der Waals surface area contributed by atoms with Gasteiger partial charge < -0.3 is 16.0 Å². The number of carbonyl (C=O) groups excluding carboxylic acids is 3. The maximum absolute atomic E-state index is 13.4. The number of nitro benzene ring substituents is 1. The Balaban J connectivity index is 1.46. The van der Waals surface area contributed by atoms with E-state index in [0.717, 1.165) is 0 Å². The lowest BCUT2D eigenvalue weighted by molar-refractivity contribution is -0.384. The number of hydrogen-bond acceptors (Lipinski definition) is 6. The van der Waals surface area contributed by atoms with E-state index in [4.69, 9.17) is 23.2 Å². The number of anilines is 2. The summed E-state index contributed by atoms with van der Waals surface area (Å²) < 4.78 is 0. The number of carbonyl (C=O) groups is 3. The van der Waals surface area contributed by atoms with Crippen LogP contribution in [0.3, 0.4) is 0 Å². The lowest BCUT2D eigenvalue weighted by Crippen LogP contribution is -2.30. The van der Waals surface area contributed by atoms with Gasteiger partial charge in [0.1, 0.15) is 5.70 Å². The minimum absolute atomic E-state index is 0.0472. The third-order valence-corrected chi connectivity index (χ3v) is 7.50. The SMILES string of the molecule is Cc1cc([N+](=O)[O-])ccc1NC(=O)CSc1cccc(NC(=O)/C(=C\c2ccc(Cl)cc2Cl)NC(=O)c2ccccc2)c1. The van der Waals surface area contributed by atoms with E-state index in [9.17, 15) is 24.5 Å². The molecular formula is C31H24Cl2N4O5S. The summed E-state index contributed by atoms with van der Waals surface area (Å²) in [7, 11) is 0. The summed E-state index contributed by atoms with van der Waals surface area (Å²) in [5, 5.41) is 19.9. The molecule has 9 nitrogen and oxygen atoms in total. The van der Waals surface area contributed by atoms with E-state index < -0.39 is 16.7 Å². The molecule has 4 aromatic carbocycles. The van der Waals surface area contributed by atoms with E-state index in [2.05, 4.69) is 16.0 Å². The zero-order valence-corrected chi connectivity index (χ0v) is 24.9. The molecule has 0 atom stereocenters. The zero-order valence-electron chi connectivity index (χ0n) is 22.6. The van der Waals surface area contributed by atoms with Crippen LogP contribution in [0, 0.1) is 17.0 Å². The van der Waals surface area contributed by atoms with Crippen LogP contribution in [0.1, 0.15) is 21.5 Å². The Morgan fingerprint density at radius 2 is 1.67 bits per heavy atom. The number of nitro groups is 1. The van der Waals surface area contributed by atoms with Crippen LogP contribution in [0.2, 0.25) is 10.0 Å². The maximum atomic E-state index is 13.4. The molecule has 0 aromatic heterocycles. The summed E-state index contributed by atoms with van der Waals surface area (Å²) >= 11 is 13.6. The fourth-order valence-electron chi connectivity index (χ4n) is 3.82. The highest BCUT2D eigenvalue weighted by molar-refractivity contribution is 8.00. The fraction of sp³-hybridized carbons (Fsp3) is 0.0645. The topological polar surface area (TPSA) is 130 Å². The number of benzene rings is 4. The van der Waals surface area contributed by atoms with Crippen molar-refractivity contribution in [1.82, 2.24) is 5.32 Å². The van der Waals surface area contributed by atoms with Gasteiger partial charge >= 0.3 is 0 Å². The van der Waals surface area contributed by atoms with E-state index in [1.807, 2.05) is 0 Å². The fourth-order valence-corrected chi connectivity index (χ4v) is 5.03. The van der Waals surface area contributed by atoms with Gasteiger partial charge in [0, 0.05) is 44.0 Å². The molecule has 0 aliphatic carbocycles. The highest BCUT2D eigenvalue weighted by Crippen LogP contribution is 2.26. The summed E-state index contributed by atoms with van der Waals surface area (Å²) in [5.41, 5.74) is 2.22. The third-order valence-electron chi connectivity index (χ3n) is 5.95. The molecule has 0 aliphatic rings. The highest BCUT2D eigenvalue weighted by atomic mass is 35.5. The van der Waals surface area contributed by atoms with Gasteiger partial charge in [-0.15, -0.1) is 11.8 Å². The predicted octanol–water partition coefficient (Wildman–Crippen LogP) is 7.35. The Morgan fingerprint density at radius 1 is 0.907 bits per heavy atom. The van der Waals surface area contributed by atoms with E-state index >= 15 is 0 Å². The number of hydrogen-bond donors (Lipinski definition) is 3. The Bertz CT molecular complexity index is 1730. The molecule has 218 valence electrons. The first-order valence-corrected chi connectivity index (χ1v) is 14.5. The van der Waals surface area contributed by atoms with Gasteiger partial charge in [-0.3, -0.25) is 24.5 Å². The van der Waals surface area contributed by atoms with Crippen molar-refractivity contribution >= 4 is 75.8 Å². The first-order chi connectivity index (χ1) is 20.6. The Morgan fingerprint density at radius 3 is 2.37 bits per heavy atom. The minimum Gasteiger partial charge on any atom is -0.325 e. The summed E-state index contributed by atoms with van der Waals surface area (Å²) in [5.74, 6) is -1.32. The number of thioether (sulfide) groups is 1. The van der Waals surface area contributed by atoms with Crippen molar-refractivity contribution < 1.29 is 19.3 Å². The van der Waals surface area contributed by atoms with Gasteiger partial charge in [0.2, 0.25) is 5.91 Å². The quantitative estimate of drug-likeness (QED) is 0.0723. The second-order valence-corrected chi connectivity index (χ2v) is 11.0. The summed E-state index contributed by atoms with van der Waals surface area (Å²) in [6, 6.07) is 24.3. The molecule has 0 saturated carbocycles. The van der Waals surface area contributed by atoms with Crippen LogP contribution >= 0.6 is 35.0 Å². The van der Waals surface area contributed by atoms with E-state index in [-0.39, 0.29) is 23.0 Å². The van der Waals surface area contributed by atoms with Crippen molar-refractivity contribution in [3.05, 3.63) is 134 Å². The normalized spacial score (nSPS) is 11.0. The van der Waals surface area contributed by atoms with Gasteiger partial charge in [0.25, 0.3) is 17.5 Å². The van der Waals surface area contributed by atoms with Crippen LogP contribution in [0.15, 0.2) is 102 Å². The molecule has 43 heavy (non-hydrogen) atoms. The first-order valence-electron chi connectivity index (χ1n) is 12.7. The predicted molar refractivity (Wildman–Crippen MR) is 171 cm³/mol. The Kier molecular flexibility index (Phi) is 10.6. The lowest BCUT2D eigenvalue weighted by atomic mass is 10.1. The molecule has 3 N–H and O–H groups in total. The zero-order chi connectivity index (χ0) is 30.9. The van der Waals surface area contributed by atoms with Gasteiger partial charge in [-0.1, -0.05) is 53.5 Å². The maximum Gasteiger partial charge on any atom is 0.272 e. The van der Waals surface area contributed by atoms with Gasteiger partial charge in [-0.25, -0.2) is 0 Å². The summed E-state index contributed by atoms with van der Waals surface area (Å²) in [4.78, 5) is 50.0. The molecular weight excluding hydrogens is 611 g/mol. The van der Waals surface area contributed by atoms with Crippen molar-refractivity contribution in [3.63, 3.8) is 0 Å². The van der Waals surface area contributed by atoms with Crippen LogP contribution in [0.5, 0.6) is 0 Å². The molecule has 0 aliphatic heterocycles. The monoisotopic (exact) mass is 634 g/mol. The van der Waals surface area contributed by atoms with Crippen molar-refractivity contribution in [2.75, 3.05) is 16.4 Å². The largest absolute Gasteiger partial charge is 0.325 e. The molecule has 4 rings (SSSR count). The Labute approximate surface area is 261 Å². The summed E-state index contributed by atoms with van der Waals surface area (Å²) in [6.45, 7) is 1.67. The molecule has 4 aromatic rings. The molecule has 0 radical (unpaired) electrons. The summed E-state index contributed by atoms with van der Waals surface area (Å²) in [6.07, 6.45) is 1.46. The number of aryl methyl sites for hydroxylation is 1. The molecule has 12 heteroatoms. The number of non-ortho nitro benzene ring substituents is 1. The van der Waals surface area contributed by atoms with E-state index in [1.165, 1.54) is 42.1 Å². The van der Waals surface area contributed by atoms with Gasteiger partial charge in [0.05, 0.1) is 10.7 Å². The van der Waals surface area contributed by atoms with Crippen LogP contribution in [0.4, 0.5) is 17.1 Å². The second-order valence-electron chi connectivity index (χ2n) is 9.12. The smallest absolute Gasteiger partial charge is 0.272 e. The number of nitrogens with one attached hydrogen (secondary N) is 3. The van der Waals surface area contributed by atoms with Crippen LogP contribution in [0.25, 0.3) is 6.08 Å². The molecule has 0 bridgehead atoms. The molecule has 0 spiro atoms. The molecule has 0 saturated heterocycles. The van der Waals surface area contributed by atoms with Crippen molar-refractivity contribution in [2.24, 2.45) is 0 Å². The Hall–Kier alpha value is -4.64. The lowest BCUT2D eigenvalue weighted by Gasteiger charge is -2.13. The minimum atomic E-state index is -0.594. The number of nitrogens with zero attached hydrogens (tertiary/aromatic N) is 1. The van der Waals surface area contributed by atoms with E-state index in [1.54, 1.807) is 73.7 Å². The van der Waals surface area contributed by atoms with Gasteiger partial charge in [0.15, 0.2) is 0 Å². The van der Waals surface area contributed by atoms with Gasteiger partial charge in [-0.2, -0.15) is 0 Å². The standard InChI is InChI=1S/C31H24Cl2N4O5S/c1-19-14-24(37(41)42)12-13-27(19)35-29(38)18-43-25-9-5-8-23(17-25)34-31(40)28(15-21-10-11-22(32)16-26(21)33)36-30(39)20-6-3-2-4-7-20/h2-17H,18H2,1H3,(H,34,40)(H,35,38)(H,36,39)/b28-15+. The van der Waals surface area contributed by atoms with Crippen LogP contribution < -0.4 is 16.0 Å². The van der Waals surface area contributed by atoms with Gasteiger partial charge in [-0.05, 0) is 72.7 Å². The number of rotatable bonds is 10. The molecule has 0 fully saturated rings. The molecule has 0 unspecified atom stereocenters. The van der Waals surface area contributed by atoms with Crippen LogP contribution in [-0.4, -0.2) is 28.4 Å². The van der Waals surface area contributed by atoms with E-state index in [0.29, 0.717) is 43.0 Å². The second kappa shape index (κ2) is 14.5. The number of halogens is 2. The van der Waals surface area contributed by atoms with Crippen molar-refractivity contribution in [3.8, 4) is 0 Å². The van der Waals surface area contributed by atoms with Crippen molar-refractivity contribution in [2.45, 2.75) is 11.8 Å². The third kappa shape index (κ3) is 8.92. The number of amides is 3. The first kappa shape index (κ1) is 31.3. The van der Waals surface area contributed by atoms with Crippen molar-refractivity contribution in [1.29, 1.82) is 0 Å². The average molecular weight is 636 g/mol. The highest BCUT2D eigenvalue weighted by Gasteiger charge is 2.17. The average Bonchev–Trinajstić information content (AvgIpc) is 2.98. The molecule has 0 heterocycles. The van der Waals surface area contributed by atoms with Crippen LogP contribution in [-0.2, 0) is 9.59 Å².